The summed E-state index contributed by atoms with van der Waals surface area (Å²) < 4.78 is 13.5. The molecule has 5 heteroatoms. The zero-order valence-electron chi connectivity index (χ0n) is 10.9. The number of hydrogen-bond donors (Lipinski definition) is 1. The summed E-state index contributed by atoms with van der Waals surface area (Å²) in [4.78, 5) is 7.50. The summed E-state index contributed by atoms with van der Waals surface area (Å²) in [5.41, 5.74) is 0. The summed E-state index contributed by atoms with van der Waals surface area (Å²) in [5.74, 6) is 0.544. The average molecular weight is 284 g/mol. The van der Waals surface area contributed by atoms with Crippen LogP contribution in [0.15, 0.2) is 18.9 Å². The van der Waals surface area contributed by atoms with E-state index in [4.69, 9.17) is 11.6 Å². The van der Waals surface area contributed by atoms with Gasteiger partial charge in [0.2, 0.25) is 5.28 Å². The van der Waals surface area contributed by atoms with Crippen LogP contribution in [0.4, 0.5) is 10.2 Å². The van der Waals surface area contributed by atoms with Crippen LogP contribution in [0.5, 0.6) is 0 Å². The number of aromatic nitrogens is 2. The zero-order valence-corrected chi connectivity index (χ0v) is 11.7. The Morgan fingerprint density at radius 2 is 2.16 bits per heavy atom. The van der Waals surface area contributed by atoms with E-state index in [1.165, 1.54) is 19.3 Å². The first-order valence-corrected chi connectivity index (χ1v) is 7.12. The molecule has 0 unspecified atom stereocenters. The summed E-state index contributed by atoms with van der Waals surface area (Å²) in [5, 5.41) is 3.21. The molecule has 1 saturated carbocycles. The lowest BCUT2D eigenvalue weighted by Gasteiger charge is -2.29. The third-order valence-electron chi connectivity index (χ3n) is 3.68. The maximum Gasteiger partial charge on any atom is 0.224 e. The highest BCUT2D eigenvalue weighted by molar-refractivity contribution is 6.28. The Hall–Kier alpha value is -1.16. The number of rotatable bonds is 5. The smallest absolute Gasteiger partial charge is 0.224 e. The molecule has 2 rings (SSSR count). The van der Waals surface area contributed by atoms with Gasteiger partial charge >= 0.3 is 0 Å². The van der Waals surface area contributed by atoms with Crippen molar-refractivity contribution in [2.75, 3.05) is 5.32 Å². The van der Waals surface area contributed by atoms with Crippen LogP contribution < -0.4 is 5.32 Å². The van der Waals surface area contributed by atoms with E-state index in [1.807, 2.05) is 6.08 Å². The lowest BCUT2D eigenvalue weighted by molar-refractivity contribution is 0.322. The molecule has 1 aromatic rings. The summed E-state index contributed by atoms with van der Waals surface area (Å²) in [7, 11) is 0. The summed E-state index contributed by atoms with van der Waals surface area (Å²) >= 11 is 5.68. The van der Waals surface area contributed by atoms with E-state index in [-0.39, 0.29) is 17.1 Å². The van der Waals surface area contributed by atoms with Crippen molar-refractivity contribution in [1.29, 1.82) is 0 Å². The van der Waals surface area contributed by atoms with Crippen molar-refractivity contribution in [1.82, 2.24) is 9.97 Å². The Kier molecular flexibility index (Phi) is 5.14. The molecule has 0 saturated heterocycles. The second-order valence-electron chi connectivity index (χ2n) is 5.06. The molecule has 0 atom stereocenters. The second-order valence-corrected chi connectivity index (χ2v) is 5.40. The Morgan fingerprint density at radius 3 is 2.84 bits per heavy atom. The molecule has 1 heterocycles. The van der Waals surface area contributed by atoms with E-state index < -0.39 is 5.82 Å². The number of anilines is 1. The first-order chi connectivity index (χ1) is 9.19. The SMILES string of the molecule is C=CCCC1CCC(Nc2nc(Cl)ncc2F)CC1. The van der Waals surface area contributed by atoms with Gasteiger partial charge in [0.25, 0.3) is 0 Å². The van der Waals surface area contributed by atoms with Crippen LogP contribution in [0.2, 0.25) is 5.28 Å². The Balaban J connectivity index is 1.85. The number of halogens is 2. The molecule has 3 nitrogen and oxygen atoms in total. The Bertz CT molecular complexity index is 431. The summed E-state index contributed by atoms with van der Waals surface area (Å²) in [6, 6.07) is 0.278. The molecule has 1 fully saturated rings. The fourth-order valence-corrected chi connectivity index (χ4v) is 2.72. The van der Waals surface area contributed by atoms with E-state index in [9.17, 15) is 4.39 Å². The topological polar surface area (TPSA) is 37.8 Å². The average Bonchev–Trinajstić information content (AvgIpc) is 2.42. The molecule has 1 aliphatic rings. The van der Waals surface area contributed by atoms with Crippen LogP contribution in [0.1, 0.15) is 38.5 Å². The van der Waals surface area contributed by atoms with Crippen molar-refractivity contribution in [3.63, 3.8) is 0 Å². The first kappa shape index (κ1) is 14.3. The molecule has 0 aromatic carbocycles. The van der Waals surface area contributed by atoms with Gasteiger partial charge in [-0.2, -0.15) is 4.98 Å². The fourth-order valence-electron chi connectivity index (χ4n) is 2.59. The van der Waals surface area contributed by atoms with Crippen LogP contribution in [-0.4, -0.2) is 16.0 Å². The molecule has 104 valence electrons. The highest BCUT2D eigenvalue weighted by atomic mass is 35.5. The maximum absolute atomic E-state index is 13.5. The van der Waals surface area contributed by atoms with Crippen molar-refractivity contribution >= 4 is 17.4 Å². The Labute approximate surface area is 118 Å². The van der Waals surface area contributed by atoms with Crippen molar-refractivity contribution < 1.29 is 4.39 Å². The molecule has 1 aromatic heterocycles. The van der Waals surface area contributed by atoms with Gasteiger partial charge in [-0.05, 0) is 56.0 Å². The van der Waals surface area contributed by atoms with E-state index in [2.05, 4.69) is 21.9 Å². The Morgan fingerprint density at radius 1 is 1.42 bits per heavy atom. The van der Waals surface area contributed by atoms with Crippen molar-refractivity contribution in [2.45, 2.75) is 44.6 Å². The zero-order chi connectivity index (χ0) is 13.7. The standard InChI is InChI=1S/C14H19ClFN3/c1-2-3-4-10-5-7-11(8-6-10)18-13-12(16)9-17-14(15)19-13/h2,9-11H,1,3-8H2,(H,17,18,19). The minimum absolute atomic E-state index is 0.0727. The lowest BCUT2D eigenvalue weighted by Crippen LogP contribution is -2.27. The minimum Gasteiger partial charge on any atom is -0.365 e. The normalized spacial score (nSPS) is 23.1. The quantitative estimate of drug-likeness (QED) is 0.650. The minimum atomic E-state index is -0.446. The molecule has 1 N–H and O–H groups in total. The molecule has 0 spiro atoms. The van der Waals surface area contributed by atoms with Gasteiger partial charge in [0.15, 0.2) is 11.6 Å². The molecular formula is C14H19ClFN3. The van der Waals surface area contributed by atoms with Gasteiger partial charge in [0.05, 0.1) is 6.20 Å². The van der Waals surface area contributed by atoms with E-state index in [1.54, 1.807) is 0 Å². The molecule has 0 radical (unpaired) electrons. The molecule has 1 aliphatic carbocycles. The molecule has 19 heavy (non-hydrogen) atoms. The predicted molar refractivity (Wildman–Crippen MR) is 75.8 cm³/mol. The maximum atomic E-state index is 13.5. The van der Waals surface area contributed by atoms with Gasteiger partial charge in [-0.1, -0.05) is 6.08 Å². The van der Waals surface area contributed by atoms with E-state index in [0.717, 1.165) is 31.4 Å². The van der Waals surface area contributed by atoms with Crippen LogP contribution in [0.3, 0.4) is 0 Å². The van der Waals surface area contributed by atoms with Gasteiger partial charge in [-0.25, -0.2) is 9.37 Å². The summed E-state index contributed by atoms with van der Waals surface area (Å²) in [6.45, 7) is 3.75. The highest BCUT2D eigenvalue weighted by Gasteiger charge is 2.21. The van der Waals surface area contributed by atoms with Crippen molar-refractivity contribution in [3.05, 3.63) is 30.0 Å². The lowest BCUT2D eigenvalue weighted by atomic mass is 9.83. The number of allylic oxidation sites excluding steroid dienone is 1. The number of nitrogens with zero attached hydrogens (tertiary/aromatic N) is 2. The van der Waals surface area contributed by atoms with Crippen LogP contribution in [-0.2, 0) is 0 Å². The third kappa shape index (κ3) is 4.16. The van der Waals surface area contributed by atoms with Crippen molar-refractivity contribution in [3.8, 4) is 0 Å². The van der Waals surface area contributed by atoms with Crippen LogP contribution in [0.25, 0.3) is 0 Å². The molecular weight excluding hydrogens is 265 g/mol. The third-order valence-corrected chi connectivity index (χ3v) is 3.86. The van der Waals surface area contributed by atoms with Crippen molar-refractivity contribution in [2.24, 2.45) is 5.92 Å². The molecule has 0 amide bonds. The second kappa shape index (κ2) is 6.85. The first-order valence-electron chi connectivity index (χ1n) is 6.74. The van der Waals surface area contributed by atoms with Gasteiger partial charge < -0.3 is 5.32 Å². The monoisotopic (exact) mass is 283 g/mol. The number of nitrogens with one attached hydrogen (secondary N) is 1. The fraction of sp³-hybridized carbons (Fsp3) is 0.571. The van der Waals surface area contributed by atoms with E-state index >= 15 is 0 Å². The van der Waals surface area contributed by atoms with Gasteiger partial charge in [-0.15, -0.1) is 6.58 Å². The number of hydrogen-bond acceptors (Lipinski definition) is 3. The van der Waals surface area contributed by atoms with Gasteiger partial charge in [-0.3, -0.25) is 0 Å². The van der Waals surface area contributed by atoms with E-state index in [0.29, 0.717) is 0 Å². The summed E-state index contributed by atoms with van der Waals surface area (Å²) in [6.07, 6.45) is 9.81. The van der Waals surface area contributed by atoms with Crippen LogP contribution >= 0.6 is 11.6 Å². The van der Waals surface area contributed by atoms with Crippen LogP contribution in [0, 0.1) is 11.7 Å². The highest BCUT2D eigenvalue weighted by Crippen LogP contribution is 2.29. The van der Waals surface area contributed by atoms with Gasteiger partial charge in [0.1, 0.15) is 0 Å². The largest absolute Gasteiger partial charge is 0.365 e. The van der Waals surface area contributed by atoms with Gasteiger partial charge in [0, 0.05) is 6.04 Å². The molecule has 0 bridgehead atoms. The molecule has 0 aliphatic heterocycles. The predicted octanol–water partition coefficient (Wildman–Crippen LogP) is 4.21.